The molecule has 0 aliphatic carbocycles. The molecule has 2 unspecified atom stereocenters. The summed E-state index contributed by atoms with van der Waals surface area (Å²) in [6, 6.07) is 8.42. The van der Waals surface area contributed by atoms with Crippen molar-refractivity contribution in [2.45, 2.75) is 52.1 Å². The van der Waals surface area contributed by atoms with Crippen molar-refractivity contribution in [1.29, 1.82) is 0 Å². The van der Waals surface area contributed by atoms with Gasteiger partial charge in [0.05, 0.1) is 0 Å². The summed E-state index contributed by atoms with van der Waals surface area (Å²) in [5.74, 6) is -1.01. The number of carbonyl (C=O) groups excluding carboxylic acids is 1. The lowest BCUT2D eigenvalue weighted by Gasteiger charge is -2.31. The van der Waals surface area contributed by atoms with E-state index in [2.05, 4.69) is 0 Å². The molecule has 6 nitrogen and oxygen atoms in total. The molecule has 4 N–H and O–H groups in total. The summed E-state index contributed by atoms with van der Waals surface area (Å²) >= 11 is 1.16. The third kappa shape index (κ3) is 7.52. The predicted molar refractivity (Wildman–Crippen MR) is 109 cm³/mol. The van der Waals surface area contributed by atoms with Crippen molar-refractivity contribution >= 4 is 23.8 Å². The van der Waals surface area contributed by atoms with Crippen molar-refractivity contribution < 1.29 is 19.8 Å². The maximum atomic E-state index is 13.0. The van der Waals surface area contributed by atoms with Crippen LogP contribution in [0.25, 0.3) is 0 Å². The number of aliphatic hydroxyl groups is 1. The molecule has 0 aromatic heterocycles. The maximum Gasteiger partial charge on any atom is 0.327 e. The molecule has 1 amide bonds. The van der Waals surface area contributed by atoms with Gasteiger partial charge in [0.25, 0.3) is 0 Å². The number of carboxylic acid groups (broad SMARTS) is 1. The molecule has 0 radical (unpaired) electrons. The quantitative estimate of drug-likeness (QED) is 0.469. The Morgan fingerprint density at radius 1 is 1.22 bits per heavy atom. The highest BCUT2D eigenvalue weighted by Crippen LogP contribution is 2.24. The van der Waals surface area contributed by atoms with E-state index in [1.165, 1.54) is 4.31 Å². The Bertz CT molecular complexity index is 585. The molecule has 0 bridgehead atoms. The standard InChI is InChI=1S/C20H32N2O4S/c1-4-14(2)17(21)13-27-22(18(10-11-23)20(25)26)19(24)15(3)12-16-8-6-5-7-9-16/h5-9,14-15,17-18,23H,4,10-13,21H2,1-3H3,(H,25,26)/t14-,15?,17?,18-/m0/s1. The summed E-state index contributed by atoms with van der Waals surface area (Å²) < 4.78 is 1.31. The van der Waals surface area contributed by atoms with E-state index >= 15 is 0 Å². The molecule has 0 saturated carbocycles. The summed E-state index contributed by atoms with van der Waals surface area (Å²) in [5.41, 5.74) is 7.19. The Morgan fingerprint density at radius 3 is 2.37 bits per heavy atom. The maximum absolute atomic E-state index is 13.0. The molecule has 4 atom stereocenters. The number of benzene rings is 1. The van der Waals surface area contributed by atoms with Crippen molar-refractivity contribution in [2.24, 2.45) is 17.6 Å². The molecule has 0 aliphatic heterocycles. The third-order valence-electron chi connectivity index (χ3n) is 4.78. The molecule has 0 aliphatic rings. The van der Waals surface area contributed by atoms with Gasteiger partial charge in [-0.3, -0.25) is 9.10 Å². The summed E-state index contributed by atoms with van der Waals surface area (Å²) in [6.45, 7) is 5.59. The van der Waals surface area contributed by atoms with Crippen molar-refractivity contribution in [2.75, 3.05) is 12.4 Å². The first-order valence-corrected chi connectivity index (χ1v) is 10.3. The van der Waals surface area contributed by atoms with Gasteiger partial charge in [0.15, 0.2) is 0 Å². The average Bonchev–Trinajstić information content (AvgIpc) is 2.66. The van der Waals surface area contributed by atoms with Gasteiger partial charge in [-0.15, -0.1) is 0 Å². The van der Waals surface area contributed by atoms with Crippen LogP contribution in [0.15, 0.2) is 30.3 Å². The number of rotatable bonds is 12. The zero-order valence-electron chi connectivity index (χ0n) is 16.4. The molecule has 1 aromatic carbocycles. The van der Waals surface area contributed by atoms with Crippen molar-refractivity contribution in [3.8, 4) is 0 Å². The SMILES string of the molecule is CC[C@H](C)C(N)CSN(C(=O)C(C)Cc1ccccc1)[C@@H](CCO)C(=O)O. The van der Waals surface area contributed by atoms with E-state index in [4.69, 9.17) is 5.73 Å². The zero-order valence-corrected chi connectivity index (χ0v) is 17.2. The molecule has 152 valence electrons. The number of amides is 1. The van der Waals surface area contributed by atoms with Gasteiger partial charge in [0, 0.05) is 30.7 Å². The second-order valence-corrected chi connectivity index (χ2v) is 7.95. The van der Waals surface area contributed by atoms with Crippen LogP contribution in [0.1, 0.15) is 39.2 Å². The average molecular weight is 397 g/mol. The Balaban J connectivity index is 2.93. The second kappa shape index (κ2) is 12.0. The lowest BCUT2D eigenvalue weighted by atomic mass is 10.00. The van der Waals surface area contributed by atoms with E-state index in [9.17, 15) is 19.8 Å². The number of nitrogens with two attached hydrogens (primary N) is 1. The van der Waals surface area contributed by atoms with Crippen LogP contribution in [0.2, 0.25) is 0 Å². The van der Waals surface area contributed by atoms with Gasteiger partial charge >= 0.3 is 5.97 Å². The van der Waals surface area contributed by atoms with E-state index in [-0.39, 0.29) is 36.8 Å². The first-order chi connectivity index (χ1) is 12.8. The fourth-order valence-electron chi connectivity index (χ4n) is 2.68. The van der Waals surface area contributed by atoms with E-state index in [1.807, 2.05) is 44.2 Å². The van der Waals surface area contributed by atoms with Crippen LogP contribution >= 0.6 is 11.9 Å². The van der Waals surface area contributed by atoms with Gasteiger partial charge in [-0.1, -0.05) is 57.5 Å². The second-order valence-electron chi connectivity index (χ2n) is 6.97. The molecule has 1 aromatic rings. The highest BCUT2D eigenvalue weighted by Gasteiger charge is 2.33. The van der Waals surface area contributed by atoms with Crippen LogP contribution in [0.3, 0.4) is 0 Å². The highest BCUT2D eigenvalue weighted by atomic mass is 32.2. The van der Waals surface area contributed by atoms with Crippen LogP contribution in [-0.4, -0.2) is 50.8 Å². The van der Waals surface area contributed by atoms with Crippen molar-refractivity contribution in [3.05, 3.63) is 35.9 Å². The number of hydrogen-bond acceptors (Lipinski definition) is 5. The summed E-state index contributed by atoms with van der Waals surface area (Å²) in [7, 11) is 0. The van der Waals surface area contributed by atoms with E-state index in [1.54, 1.807) is 6.92 Å². The largest absolute Gasteiger partial charge is 0.480 e. The van der Waals surface area contributed by atoms with Crippen molar-refractivity contribution in [1.82, 2.24) is 4.31 Å². The number of nitrogens with zero attached hydrogens (tertiary/aromatic N) is 1. The topological polar surface area (TPSA) is 104 Å². The van der Waals surface area contributed by atoms with Gasteiger partial charge in [0.1, 0.15) is 6.04 Å². The molecule has 0 spiro atoms. The molecular weight excluding hydrogens is 364 g/mol. The fourth-order valence-corrected chi connectivity index (χ4v) is 4.02. The Kier molecular flexibility index (Phi) is 10.4. The highest BCUT2D eigenvalue weighted by molar-refractivity contribution is 7.97. The molecule has 7 heteroatoms. The molecule has 27 heavy (non-hydrogen) atoms. The Labute approximate surface area is 166 Å². The Hall–Kier alpha value is -1.57. The smallest absolute Gasteiger partial charge is 0.327 e. The molecule has 0 heterocycles. The molecule has 0 saturated heterocycles. The first kappa shape index (κ1) is 23.5. The van der Waals surface area contributed by atoms with Crippen molar-refractivity contribution in [3.63, 3.8) is 0 Å². The van der Waals surface area contributed by atoms with Gasteiger partial charge < -0.3 is 15.9 Å². The van der Waals surface area contributed by atoms with Crippen LogP contribution in [0, 0.1) is 11.8 Å². The minimum atomic E-state index is -1.12. The number of carboxylic acids is 1. The number of carbonyl (C=O) groups is 2. The summed E-state index contributed by atoms with van der Waals surface area (Å²) in [5, 5.41) is 18.8. The number of hydrogen-bond donors (Lipinski definition) is 3. The lowest BCUT2D eigenvalue weighted by molar-refractivity contribution is -0.147. The molecular formula is C20H32N2O4S. The summed E-state index contributed by atoms with van der Waals surface area (Å²) in [6.07, 6.45) is 1.43. The van der Waals surface area contributed by atoms with Crippen LogP contribution in [-0.2, 0) is 16.0 Å². The molecule has 1 rings (SSSR count). The van der Waals surface area contributed by atoms with Gasteiger partial charge in [-0.2, -0.15) is 0 Å². The summed E-state index contributed by atoms with van der Waals surface area (Å²) in [4.78, 5) is 24.7. The number of aliphatic hydroxyl groups excluding tert-OH is 1. The van der Waals surface area contributed by atoms with Crippen LogP contribution in [0.4, 0.5) is 0 Å². The molecule has 0 fully saturated rings. The van der Waals surface area contributed by atoms with E-state index in [0.717, 1.165) is 23.9 Å². The van der Waals surface area contributed by atoms with E-state index in [0.29, 0.717) is 12.2 Å². The first-order valence-electron chi connectivity index (χ1n) is 9.40. The fraction of sp³-hybridized carbons (Fsp3) is 0.600. The normalized spacial score (nSPS) is 15.6. The van der Waals surface area contributed by atoms with Crippen LogP contribution < -0.4 is 5.73 Å². The number of aliphatic carboxylic acids is 1. The minimum Gasteiger partial charge on any atom is -0.480 e. The minimum absolute atomic E-state index is 0.00923. The van der Waals surface area contributed by atoms with Crippen LogP contribution in [0.5, 0.6) is 0 Å². The van der Waals surface area contributed by atoms with E-state index < -0.39 is 12.0 Å². The monoisotopic (exact) mass is 396 g/mol. The predicted octanol–water partition coefficient (Wildman–Crippen LogP) is 2.55. The third-order valence-corrected chi connectivity index (χ3v) is 6.02. The Morgan fingerprint density at radius 2 is 1.85 bits per heavy atom. The lowest BCUT2D eigenvalue weighted by Crippen LogP contribution is -2.45. The zero-order chi connectivity index (χ0) is 20.4. The van der Waals surface area contributed by atoms with Gasteiger partial charge in [-0.05, 0) is 29.9 Å². The van der Waals surface area contributed by atoms with Gasteiger partial charge in [-0.25, -0.2) is 4.79 Å². The van der Waals surface area contributed by atoms with Gasteiger partial charge in [0.2, 0.25) is 5.91 Å².